The van der Waals surface area contributed by atoms with E-state index in [0.29, 0.717) is 35.0 Å². The predicted molar refractivity (Wildman–Crippen MR) is 92.4 cm³/mol. The van der Waals surface area contributed by atoms with Crippen molar-refractivity contribution in [2.45, 2.75) is 26.5 Å². The van der Waals surface area contributed by atoms with Gasteiger partial charge in [-0.2, -0.15) is 4.98 Å². The Kier molecular flexibility index (Phi) is 5.03. The van der Waals surface area contributed by atoms with E-state index in [-0.39, 0.29) is 12.5 Å². The molecule has 2 atom stereocenters. The van der Waals surface area contributed by atoms with Gasteiger partial charge in [0.25, 0.3) is 5.91 Å². The van der Waals surface area contributed by atoms with Crippen LogP contribution in [-0.4, -0.2) is 59.1 Å². The normalized spacial score (nSPS) is 20.3. The maximum absolute atomic E-state index is 13.0. The van der Waals surface area contributed by atoms with E-state index in [1.54, 1.807) is 19.1 Å². The number of carbonyl (C=O) groups is 1. The van der Waals surface area contributed by atoms with E-state index in [0.717, 1.165) is 13.1 Å². The summed E-state index contributed by atoms with van der Waals surface area (Å²) in [4.78, 5) is 21.2. The summed E-state index contributed by atoms with van der Waals surface area (Å²) in [5.74, 6) is 1.92. The van der Waals surface area contributed by atoms with Crippen LogP contribution < -0.4 is 4.74 Å². The number of hydrogen-bond acceptors (Lipinski definition) is 6. The Morgan fingerprint density at radius 1 is 1.36 bits per heavy atom. The van der Waals surface area contributed by atoms with E-state index < -0.39 is 0 Å². The number of carbonyl (C=O) groups excluding carboxylic acids is 1. The van der Waals surface area contributed by atoms with Crippen molar-refractivity contribution in [2.24, 2.45) is 5.92 Å². The Hall–Kier alpha value is -2.41. The van der Waals surface area contributed by atoms with Gasteiger partial charge in [0.2, 0.25) is 11.7 Å². The third-order valence-electron chi connectivity index (χ3n) is 4.57. The zero-order valence-corrected chi connectivity index (χ0v) is 15.1. The molecule has 0 saturated carbocycles. The summed E-state index contributed by atoms with van der Waals surface area (Å²) in [6.45, 7) is 5.55. The highest BCUT2D eigenvalue weighted by atomic mass is 16.5. The van der Waals surface area contributed by atoms with Gasteiger partial charge in [0, 0.05) is 26.1 Å². The molecule has 0 unspecified atom stereocenters. The molecule has 1 aromatic carbocycles. The molecule has 25 heavy (non-hydrogen) atoms. The lowest BCUT2D eigenvalue weighted by Crippen LogP contribution is -2.35. The molecule has 0 radical (unpaired) electrons. The highest BCUT2D eigenvalue weighted by molar-refractivity contribution is 5.97. The lowest BCUT2D eigenvalue weighted by Gasteiger charge is -2.22. The van der Waals surface area contributed by atoms with Crippen LogP contribution in [0.2, 0.25) is 0 Å². The number of rotatable bonds is 5. The Labute approximate surface area is 147 Å². The zero-order valence-electron chi connectivity index (χ0n) is 15.1. The van der Waals surface area contributed by atoms with Crippen molar-refractivity contribution in [2.75, 3.05) is 27.2 Å². The van der Waals surface area contributed by atoms with E-state index in [2.05, 4.69) is 36.1 Å². The Morgan fingerprint density at radius 2 is 2.12 bits per heavy atom. The zero-order chi connectivity index (χ0) is 18.0. The number of ether oxygens (including phenoxy) is 1. The molecule has 1 amide bonds. The van der Waals surface area contributed by atoms with Gasteiger partial charge in [-0.3, -0.25) is 4.79 Å². The van der Waals surface area contributed by atoms with Gasteiger partial charge in [-0.05, 0) is 32.1 Å². The molecule has 0 N–H and O–H groups in total. The number of amides is 1. The number of aromatic nitrogens is 2. The number of aryl methyl sites for hydroxylation is 1. The average molecular weight is 344 g/mol. The smallest absolute Gasteiger partial charge is 0.257 e. The summed E-state index contributed by atoms with van der Waals surface area (Å²) in [6.07, 6.45) is 0. The Morgan fingerprint density at radius 3 is 2.76 bits per heavy atom. The van der Waals surface area contributed by atoms with Gasteiger partial charge in [-0.1, -0.05) is 24.2 Å². The lowest BCUT2D eigenvalue weighted by molar-refractivity contribution is 0.0776. The third-order valence-corrected chi connectivity index (χ3v) is 4.57. The SMILES string of the molecule is Cc1nc(COc2ccccc2C(=O)N2C[C@@H](C)[C@H](N(C)C)C2)no1. The highest BCUT2D eigenvalue weighted by Gasteiger charge is 2.34. The number of hydrogen-bond donors (Lipinski definition) is 0. The second kappa shape index (κ2) is 7.23. The minimum Gasteiger partial charge on any atom is -0.485 e. The molecule has 0 spiro atoms. The van der Waals surface area contributed by atoms with E-state index in [4.69, 9.17) is 9.26 Å². The quantitative estimate of drug-likeness (QED) is 0.826. The highest BCUT2D eigenvalue weighted by Crippen LogP contribution is 2.26. The van der Waals surface area contributed by atoms with Crippen molar-refractivity contribution in [1.29, 1.82) is 0 Å². The second-order valence-electron chi connectivity index (χ2n) is 6.73. The average Bonchev–Trinajstić information content (AvgIpc) is 3.18. The van der Waals surface area contributed by atoms with E-state index in [1.807, 2.05) is 17.0 Å². The first-order valence-electron chi connectivity index (χ1n) is 8.42. The molecule has 0 aliphatic carbocycles. The summed E-state index contributed by atoms with van der Waals surface area (Å²) < 4.78 is 10.7. The van der Waals surface area contributed by atoms with Gasteiger partial charge in [0.05, 0.1) is 5.56 Å². The van der Waals surface area contributed by atoms with Gasteiger partial charge < -0.3 is 19.1 Å². The Bertz CT molecular complexity index is 743. The molecular formula is C18H24N4O3. The predicted octanol–water partition coefficient (Wildman–Crippen LogP) is 1.98. The van der Waals surface area contributed by atoms with Gasteiger partial charge >= 0.3 is 0 Å². The van der Waals surface area contributed by atoms with Crippen LogP contribution in [-0.2, 0) is 6.61 Å². The van der Waals surface area contributed by atoms with Crippen LogP contribution >= 0.6 is 0 Å². The van der Waals surface area contributed by atoms with Crippen LogP contribution in [0, 0.1) is 12.8 Å². The molecule has 1 fully saturated rings. The first-order valence-corrected chi connectivity index (χ1v) is 8.42. The summed E-state index contributed by atoms with van der Waals surface area (Å²) in [5, 5.41) is 3.81. The van der Waals surface area contributed by atoms with Crippen molar-refractivity contribution in [3.05, 3.63) is 41.5 Å². The molecule has 2 heterocycles. The molecule has 7 nitrogen and oxygen atoms in total. The number of likely N-dealkylation sites (N-methyl/N-ethyl adjacent to an activating group) is 1. The van der Waals surface area contributed by atoms with Crippen LogP contribution in [0.4, 0.5) is 0 Å². The van der Waals surface area contributed by atoms with Crippen molar-refractivity contribution in [3.63, 3.8) is 0 Å². The van der Waals surface area contributed by atoms with Crippen molar-refractivity contribution >= 4 is 5.91 Å². The topological polar surface area (TPSA) is 71.7 Å². The molecule has 1 aromatic heterocycles. The minimum atomic E-state index is -0.00362. The van der Waals surface area contributed by atoms with Gasteiger partial charge in [0.1, 0.15) is 5.75 Å². The molecule has 1 aliphatic heterocycles. The molecule has 2 aromatic rings. The van der Waals surface area contributed by atoms with E-state index >= 15 is 0 Å². The summed E-state index contributed by atoms with van der Waals surface area (Å²) >= 11 is 0. The van der Waals surface area contributed by atoms with E-state index in [9.17, 15) is 4.79 Å². The number of likely N-dealkylation sites (tertiary alicyclic amines) is 1. The molecule has 3 rings (SSSR count). The van der Waals surface area contributed by atoms with Crippen LogP contribution in [0.1, 0.15) is 29.0 Å². The molecular weight excluding hydrogens is 320 g/mol. The fraction of sp³-hybridized carbons (Fsp3) is 0.500. The maximum Gasteiger partial charge on any atom is 0.257 e. The molecule has 1 aliphatic rings. The van der Waals surface area contributed by atoms with Crippen molar-refractivity contribution < 1.29 is 14.1 Å². The Balaban J connectivity index is 1.73. The second-order valence-corrected chi connectivity index (χ2v) is 6.73. The monoisotopic (exact) mass is 344 g/mol. The number of benzene rings is 1. The van der Waals surface area contributed by atoms with E-state index in [1.165, 1.54) is 0 Å². The largest absolute Gasteiger partial charge is 0.485 e. The summed E-state index contributed by atoms with van der Waals surface area (Å²) in [5.41, 5.74) is 0.564. The minimum absolute atomic E-state index is 0.00362. The van der Waals surface area contributed by atoms with Crippen LogP contribution in [0.5, 0.6) is 5.75 Å². The number of nitrogens with zero attached hydrogens (tertiary/aromatic N) is 4. The standard InChI is InChI=1S/C18H24N4O3/c1-12-9-22(10-15(12)21(3)4)18(23)14-7-5-6-8-16(14)24-11-17-19-13(2)25-20-17/h5-8,12,15H,9-11H2,1-4H3/t12-,15-/m1/s1. The maximum atomic E-state index is 13.0. The van der Waals surface area contributed by atoms with Gasteiger partial charge in [-0.15, -0.1) is 0 Å². The van der Waals surface area contributed by atoms with Gasteiger partial charge in [-0.25, -0.2) is 0 Å². The number of para-hydroxylation sites is 1. The molecule has 0 bridgehead atoms. The fourth-order valence-corrected chi connectivity index (χ4v) is 3.27. The molecule has 7 heteroatoms. The van der Waals surface area contributed by atoms with Crippen LogP contribution in [0.25, 0.3) is 0 Å². The van der Waals surface area contributed by atoms with Gasteiger partial charge in [0.15, 0.2) is 6.61 Å². The third kappa shape index (κ3) is 3.82. The fourth-order valence-electron chi connectivity index (χ4n) is 3.27. The molecule has 134 valence electrons. The first kappa shape index (κ1) is 17.4. The summed E-state index contributed by atoms with van der Waals surface area (Å²) in [6, 6.07) is 7.67. The first-order chi connectivity index (χ1) is 12.0. The van der Waals surface area contributed by atoms with Crippen LogP contribution in [0.15, 0.2) is 28.8 Å². The summed E-state index contributed by atoms with van der Waals surface area (Å²) in [7, 11) is 4.11. The van der Waals surface area contributed by atoms with Crippen molar-refractivity contribution in [3.8, 4) is 5.75 Å². The lowest BCUT2D eigenvalue weighted by atomic mass is 10.1. The van der Waals surface area contributed by atoms with Crippen molar-refractivity contribution in [1.82, 2.24) is 19.9 Å². The van der Waals surface area contributed by atoms with Crippen LogP contribution in [0.3, 0.4) is 0 Å². The molecule has 1 saturated heterocycles.